The Morgan fingerprint density at radius 2 is 1.85 bits per heavy atom. The van der Waals surface area contributed by atoms with Crippen LogP contribution in [0.4, 0.5) is 11.5 Å². The lowest BCUT2D eigenvalue weighted by molar-refractivity contribution is 0.0519. The number of hydrogen-bond donors (Lipinski definition) is 2. The number of hydrogen-bond acceptors (Lipinski definition) is 8. The third-order valence-electron chi connectivity index (χ3n) is 8.48. The third-order valence-corrected chi connectivity index (χ3v) is 11.5. The van der Waals surface area contributed by atoms with E-state index in [1.54, 1.807) is 31.2 Å². The molecule has 10 nitrogen and oxygen atoms in total. The second-order valence-electron chi connectivity index (χ2n) is 12.9. The predicted molar refractivity (Wildman–Crippen MR) is 184 cm³/mol. The zero-order valence-electron chi connectivity index (χ0n) is 26.7. The van der Waals surface area contributed by atoms with Gasteiger partial charge in [0.05, 0.1) is 56.1 Å². The van der Waals surface area contributed by atoms with Gasteiger partial charge in [0.1, 0.15) is 0 Å². The van der Waals surface area contributed by atoms with Gasteiger partial charge in [0.25, 0.3) is 0 Å². The Balaban J connectivity index is 1.49. The van der Waals surface area contributed by atoms with Crippen molar-refractivity contribution < 1.29 is 22.2 Å². The molecule has 1 fully saturated rings. The van der Waals surface area contributed by atoms with Crippen LogP contribution < -0.4 is 14.3 Å². The Bertz CT molecular complexity index is 1800. The number of benzene rings is 2. The summed E-state index contributed by atoms with van der Waals surface area (Å²) >= 11 is 12.8. The summed E-state index contributed by atoms with van der Waals surface area (Å²) in [5, 5.41) is 0.696. The van der Waals surface area contributed by atoms with Crippen LogP contribution in [0.15, 0.2) is 36.4 Å². The first-order valence-electron chi connectivity index (χ1n) is 15.1. The number of sulfonamides is 1. The van der Waals surface area contributed by atoms with Gasteiger partial charge < -0.3 is 9.64 Å². The Morgan fingerprint density at radius 1 is 1.15 bits per heavy atom. The van der Waals surface area contributed by atoms with E-state index in [0.717, 1.165) is 17.4 Å². The zero-order valence-corrected chi connectivity index (χ0v) is 29.9. The van der Waals surface area contributed by atoms with Crippen molar-refractivity contribution in [3.8, 4) is 11.3 Å². The summed E-state index contributed by atoms with van der Waals surface area (Å²) in [6, 6.07) is 10.6. The maximum Gasteiger partial charge on any atom is 0.360 e. The second-order valence-corrected chi connectivity index (χ2v) is 17.4. The quantitative estimate of drug-likeness (QED) is 0.263. The maximum atomic E-state index is 13.4. The van der Waals surface area contributed by atoms with Gasteiger partial charge in [-0.15, -0.1) is 0 Å². The van der Waals surface area contributed by atoms with Gasteiger partial charge in [-0.2, -0.15) is 0 Å². The number of nitrogens with zero attached hydrogens (tertiary/aromatic N) is 3. The van der Waals surface area contributed by atoms with Crippen molar-refractivity contribution in [2.75, 3.05) is 35.6 Å². The number of nitrogens with one attached hydrogen (secondary N) is 2. The number of anilines is 2. The van der Waals surface area contributed by atoms with Crippen molar-refractivity contribution in [3.05, 3.63) is 69.0 Å². The van der Waals surface area contributed by atoms with Gasteiger partial charge in [0.15, 0.2) is 11.5 Å². The van der Waals surface area contributed by atoms with Crippen molar-refractivity contribution in [3.63, 3.8) is 0 Å². The van der Waals surface area contributed by atoms with Gasteiger partial charge in [-0.1, -0.05) is 41.4 Å². The number of rotatable bonds is 8. The lowest BCUT2D eigenvalue weighted by atomic mass is 9.73. The number of halogens is 2. The monoisotopic (exact) mass is 707 g/mol. The summed E-state index contributed by atoms with van der Waals surface area (Å²) in [7, 11) is -4.79. The molecule has 1 aromatic heterocycles. The first kappa shape index (κ1) is 34.6. The Morgan fingerprint density at radius 3 is 2.48 bits per heavy atom. The average molecular weight is 709 g/mol. The van der Waals surface area contributed by atoms with E-state index in [9.17, 15) is 17.4 Å². The molecule has 0 radical (unpaired) electrons. The molecule has 1 saturated heterocycles. The van der Waals surface area contributed by atoms with Crippen LogP contribution in [0.3, 0.4) is 0 Å². The Hall–Kier alpha value is -2.77. The minimum Gasteiger partial charge on any atom is -0.461 e. The summed E-state index contributed by atoms with van der Waals surface area (Å²) in [4.78, 5) is 24.9. The smallest absolute Gasteiger partial charge is 0.360 e. The van der Waals surface area contributed by atoms with Crippen LogP contribution in [-0.4, -0.2) is 59.3 Å². The lowest BCUT2D eigenvalue weighted by Gasteiger charge is -2.44. The molecule has 1 unspecified atom stereocenters. The number of carbonyl (C=O) groups excluding carboxylic acids is 1. The number of ether oxygens (including phenoxy) is 1. The molecule has 3 aromatic rings. The van der Waals surface area contributed by atoms with Gasteiger partial charge in [-0.3, -0.25) is 4.72 Å². The van der Waals surface area contributed by atoms with Crippen LogP contribution in [0.1, 0.15) is 73.9 Å². The second kappa shape index (κ2) is 13.0. The van der Waals surface area contributed by atoms with Crippen molar-refractivity contribution in [1.82, 2.24) is 14.7 Å². The molecule has 0 amide bonds. The Kier molecular flexibility index (Phi) is 9.79. The molecular formula is C32H39Cl2N5O5S2. The number of esters is 1. The summed E-state index contributed by atoms with van der Waals surface area (Å²) < 4.78 is 48.2. The van der Waals surface area contributed by atoms with E-state index >= 15 is 0 Å². The predicted octanol–water partition coefficient (Wildman–Crippen LogP) is 6.24. The van der Waals surface area contributed by atoms with Crippen molar-refractivity contribution >= 4 is 61.7 Å². The number of aromatic nitrogens is 2. The van der Waals surface area contributed by atoms with Crippen molar-refractivity contribution in [2.24, 2.45) is 5.41 Å². The topological polar surface area (TPSA) is 131 Å². The van der Waals surface area contributed by atoms with Crippen LogP contribution in [0.5, 0.6) is 0 Å². The summed E-state index contributed by atoms with van der Waals surface area (Å²) in [6.45, 7) is 10.6. The lowest BCUT2D eigenvalue weighted by Crippen LogP contribution is -2.48. The van der Waals surface area contributed by atoms with Crippen LogP contribution in [0.2, 0.25) is 10.0 Å². The molecule has 1 spiro atoms. The minimum absolute atomic E-state index is 0.101. The van der Waals surface area contributed by atoms with Gasteiger partial charge >= 0.3 is 5.97 Å². The molecule has 0 saturated carbocycles. The molecular weight excluding hydrogens is 669 g/mol. The van der Waals surface area contributed by atoms with E-state index in [1.807, 2.05) is 39.8 Å². The van der Waals surface area contributed by atoms with E-state index in [0.29, 0.717) is 70.9 Å². The maximum absolute atomic E-state index is 13.4. The first-order chi connectivity index (χ1) is 21.5. The molecule has 5 rings (SSSR count). The fourth-order valence-electron chi connectivity index (χ4n) is 6.24. The SMILES string of the molecule is CCOC(=O)c1nc(-c2cccc(Cl)c2Cl)c(C)nc1N1CCC2(CC1)Cc1cc(NS(C)(=O)=O)ccc1[C@H]2NS(=O)C(C)(C)C. The van der Waals surface area contributed by atoms with E-state index in [4.69, 9.17) is 37.9 Å². The van der Waals surface area contributed by atoms with Gasteiger partial charge in [0, 0.05) is 24.3 Å². The number of fused-ring (bicyclic) bond motifs is 1. The van der Waals surface area contributed by atoms with Crippen LogP contribution >= 0.6 is 23.2 Å². The largest absolute Gasteiger partial charge is 0.461 e. The fourth-order valence-corrected chi connectivity index (χ4v) is 8.13. The minimum atomic E-state index is -3.45. The normalized spacial score (nSPS) is 18.3. The molecule has 2 N–H and O–H groups in total. The molecule has 2 aliphatic rings. The van der Waals surface area contributed by atoms with Crippen molar-refractivity contribution in [1.29, 1.82) is 0 Å². The highest BCUT2D eigenvalue weighted by Crippen LogP contribution is 2.53. The Labute approximate surface area is 283 Å². The van der Waals surface area contributed by atoms with Gasteiger partial charge in [0.2, 0.25) is 10.0 Å². The van der Waals surface area contributed by atoms with Gasteiger partial charge in [-0.25, -0.2) is 32.1 Å². The molecule has 2 heterocycles. The summed E-state index contributed by atoms with van der Waals surface area (Å²) in [5.41, 5.74) is 3.93. The summed E-state index contributed by atoms with van der Waals surface area (Å²) in [6.07, 6.45) is 3.19. The molecule has 2 atom stereocenters. The number of aryl methyl sites for hydroxylation is 1. The fraction of sp³-hybridized carbons (Fsp3) is 0.469. The zero-order chi connectivity index (χ0) is 33.6. The van der Waals surface area contributed by atoms with Crippen LogP contribution in [0, 0.1) is 12.3 Å². The number of piperidine rings is 1. The van der Waals surface area contributed by atoms with Crippen LogP contribution in [-0.2, 0) is 32.2 Å². The molecule has 1 aliphatic carbocycles. The highest BCUT2D eigenvalue weighted by molar-refractivity contribution is 7.92. The third kappa shape index (κ3) is 7.06. The molecule has 248 valence electrons. The molecule has 46 heavy (non-hydrogen) atoms. The molecule has 1 aliphatic heterocycles. The molecule has 0 bridgehead atoms. The van der Waals surface area contributed by atoms with Crippen molar-refractivity contribution in [2.45, 2.75) is 64.7 Å². The van der Waals surface area contributed by atoms with E-state index in [1.165, 1.54) is 0 Å². The molecule has 14 heteroatoms. The highest BCUT2D eigenvalue weighted by Gasteiger charge is 2.49. The van der Waals surface area contributed by atoms with Crippen LogP contribution in [0.25, 0.3) is 11.3 Å². The highest BCUT2D eigenvalue weighted by atomic mass is 35.5. The number of carbonyl (C=O) groups is 1. The summed E-state index contributed by atoms with van der Waals surface area (Å²) in [5.74, 6) is -0.144. The van der Waals surface area contributed by atoms with E-state index < -0.39 is 31.7 Å². The van der Waals surface area contributed by atoms with E-state index in [-0.39, 0.29) is 23.8 Å². The first-order valence-corrected chi connectivity index (χ1v) is 18.9. The average Bonchev–Trinajstić information content (AvgIpc) is 3.25. The molecule has 2 aromatic carbocycles. The standard InChI is InChI=1S/C32H39Cl2N5O5S2/c1-7-44-30(40)27-29(35-19(2)26(36-27)23-9-8-10-24(33)25(23)34)39-15-13-32(14-16-39)18-20-17-21(38-46(6,42)43)11-12-22(20)28(32)37-45(41)31(3,4)5/h8-12,17,28,37-38H,7,13-16,18H2,1-6H3/t28-,45?/m1/s1. The van der Waals surface area contributed by atoms with Gasteiger partial charge in [-0.05, 0) is 88.6 Å². The van der Waals surface area contributed by atoms with E-state index in [2.05, 4.69) is 14.3 Å².